The fraction of sp³-hybridized carbons (Fsp3) is 0.333. The molecule has 0 saturated carbocycles. The van der Waals surface area contributed by atoms with E-state index in [9.17, 15) is 4.39 Å². The summed E-state index contributed by atoms with van der Waals surface area (Å²) in [5.41, 5.74) is 0.491. The van der Waals surface area contributed by atoms with Crippen molar-refractivity contribution in [3.63, 3.8) is 0 Å². The number of halogens is 2. The zero-order valence-corrected chi connectivity index (χ0v) is 10.6. The fourth-order valence-electron chi connectivity index (χ4n) is 1.83. The molecule has 0 bridgehead atoms. The first-order chi connectivity index (χ1) is 6.89. The van der Waals surface area contributed by atoms with Crippen molar-refractivity contribution in [3.8, 4) is 0 Å². The highest BCUT2D eigenvalue weighted by Crippen LogP contribution is 2.33. The first-order valence-corrected chi connectivity index (χ1v) is 5.63. The van der Waals surface area contributed by atoms with Crippen LogP contribution in [0.15, 0.2) is 28.9 Å². The van der Waals surface area contributed by atoms with Crippen LogP contribution in [-0.4, -0.2) is 4.57 Å². The number of hydrogen-bond donors (Lipinski definition) is 0. The number of alkyl halides is 1. The van der Waals surface area contributed by atoms with E-state index in [1.807, 2.05) is 36.0 Å². The Morgan fingerprint density at radius 2 is 2.00 bits per heavy atom. The first kappa shape index (κ1) is 10.7. The smallest absolute Gasteiger partial charge is 0.132 e. The van der Waals surface area contributed by atoms with Crippen LogP contribution in [0.25, 0.3) is 10.9 Å². The van der Waals surface area contributed by atoms with E-state index in [0.29, 0.717) is 0 Å². The topological polar surface area (TPSA) is 4.93 Å². The Morgan fingerprint density at radius 3 is 2.60 bits per heavy atom. The van der Waals surface area contributed by atoms with E-state index in [0.717, 1.165) is 20.9 Å². The SMILES string of the molecule is Cn1cc(C(C)(C)F)c2ccc(Br)cc21. The molecule has 0 atom stereocenters. The van der Waals surface area contributed by atoms with Gasteiger partial charge >= 0.3 is 0 Å². The van der Waals surface area contributed by atoms with Gasteiger partial charge in [0.15, 0.2) is 0 Å². The molecule has 0 aliphatic rings. The summed E-state index contributed by atoms with van der Waals surface area (Å²) < 4.78 is 16.9. The second-order valence-corrected chi connectivity index (χ2v) is 5.20. The third kappa shape index (κ3) is 1.81. The van der Waals surface area contributed by atoms with Gasteiger partial charge in [-0.2, -0.15) is 0 Å². The van der Waals surface area contributed by atoms with Gasteiger partial charge in [-0.25, -0.2) is 4.39 Å². The summed E-state index contributed by atoms with van der Waals surface area (Å²) in [7, 11) is 1.93. The van der Waals surface area contributed by atoms with Gasteiger partial charge in [0.1, 0.15) is 5.67 Å². The van der Waals surface area contributed by atoms with Crippen LogP contribution >= 0.6 is 15.9 Å². The molecule has 80 valence electrons. The van der Waals surface area contributed by atoms with Crippen molar-refractivity contribution in [2.45, 2.75) is 19.5 Å². The predicted molar refractivity (Wildman–Crippen MR) is 64.8 cm³/mol. The van der Waals surface area contributed by atoms with Gasteiger partial charge in [0, 0.05) is 34.2 Å². The van der Waals surface area contributed by atoms with Crippen molar-refractivity contribution in [2.24, 2.45) is 7.05 Å². The van der Waals surface area contributed by atoms with E-state index in [1.165, 1.54) is 0 Å². The van der Waals surface area contributed by atoms with Gasteiger partial charge in [0.25, 0.3) is 0 Å². The van der Waals surface area contributed by atoms with Gasteiger partial charge in [0.2, 0.25) is 0 Å². The molecular formula is C12H13BrFN. The number of fused-ring (bicyclic) bond motifs is 1. The Morgan fingerprint density at radius 1 is 1.33 bits per heavy atom. The molecule has 0 aliphatic carbocycles. The van der Waals surface area contributed by atoms with Crippen LogP contribution in [-0.2, 0) is 12.7 Å². The summed E-state index contributed by atoms with van der Waals surface area (Å²) in [6, 6.07) is 5.90. The van der Waals surface area contributed by atoms with Crippen LogP contribution in [0.1, 0.15) is 19.4 Å². The summed E-state index contributed by atoms with van der Waals surface area (Å²) in [5, 5.41) is 0.980. The molecule has 2 aromatic rings. The van der Waals surface area contributed by atoms with Crippen LogP contribution in [0.4, 0.5) is 4.39 Å². The quantitative estimate of drug-likeness (QED) is 0.733. The van der Waals surface area contributed by atoms with Gasteiger partial charge in [0.05, 0.1) is 0 Å². The molecule has 1 nitrogen and oxygen atoms in total. The molecule has 0 amide bonds. The molecule has 15 heavy (non-hydrogen) atoms. The zero-order chi connectivity index (χ0) is 11.2. The van der Waals surface area contributed by atoms with Gasteiger partial charge in [-0.15, -0.1) is 0 Å². The lowest BCUT2D eigenvalue weighted by molar-refractivity contribution is 0.223. The molecule has 0 saturated heterocycles. The number of aryl methyl sites for hydroxylation is 1. The predicted octanol–water partition coefficient (Wildman–Crippen LogP) is 4.15. The molecule has 2 rings (SSSR count). The second-order valence-electron chi connectivity index (χ2n) is 4.29. The maximum atomic E-state index is 13.9. The normalized spacial score (nSPS) is 12.3. The van der Waals surface area contributed by atoms with Crippen LogP contribution < -0.4 is 0 Å². The average Bonchev–Trinajstić information content (AvgIpc) is 2.43. The van der Waals surface area contributed by atoms with Crippen LogP contribution in [0, 0.1) is 0 Å². The number of hydrogen-bond acceptors (Lipinski definition) is 0. The van der Waals surface area contributed by atoms with Gasteiger partial charge in [-0.1, -0.05) is 22.0 Å². The molecule has 0 aliphatic heterocycles. The Balaban J connectivity index is 2.79. The van der Waals surface area contributed by atoms with E-state index >= 15 is 0 Å². The Hall–Kier alpha value is -0.830. The van der Waals surface area contributed by atoms with Crippen molar-refractivity contribution in [1.82, 2.24) is 4.57 Å². The van der Waals surface area contributed by atoms with E-state index in [1.54, 1.807) is 13.8 Å². The molecule has 1 aromatic heterocycles. The first-order valence-electron chi connectivity index (χ1n) is 4.83. The number of nitrogens with zero attached hydrogens (tertiary/aromatic N) is 1. The third-order valence-corrected chi connectivity index (χ3v) is 3.09. The van der Waals surface area contributed by atoms with Crippen molar-refractivity contribution in [2.75, 3.05) is 0 Å². The molecule has 0 unspecified atom stereocenters. The van der Waals surface area contributed by atoms with Crippen molar-refractivity contribution >= 4 is 26.8 Å². The maximum absolute atomic E-state index is 13.9. The minimum Gasteiger partial charge on any atom is -0.350 e. The summed E-state index contributed by atoms with van der Waals surface area (Å²) in [6.45, 7) is 3.17. The van der Waals surface area contributed by atoms with E-state index in [-0.39, 0.29) is 0 Å². The van der Waals surface area contributed by atoms with Gasteiger partial charge < -0.3 is 4.57 Å². The molecule has 1 heterocycles. The summed E-state index contributed by atoms with van der Waals surface area (Å²) in [4.78, 5) is 0. The summed E-state index contributed by atoms with van der Waals surface area (Å²) in [6.07, 6.45) is 1.86. The minimum atomic E-state index is -1.30. The zero-order valence-electron chi connectivity index (χ0n) is 9.01. The van der Waals surface area contributed by atoms with E-state index in [2.05, 4.69) is 15.9 Å². The van der Waals surface area contributed by atoms with Crippen molar-refractivity contribution in [1.29, 1.82) is 0 Å². The Kier molecular flexibility index (Phi) is 2.38. The minimum absolute atomic E-state index is 0.743. The van der Waals surface area contributed by atoms with Crippen LogP contribution in [0.2, 0.25) is 0 Å². The Labute approximate surface area is 97.0 Å². The maximum Gasteiger partial charge on any atom is 0.132 e. The van der Waals surface area contributed by atoms with Crippen LogP contribution in [0.3, 0.4) is 0 Å². The van der Waals surface area contributed by atoms with Crippen molar-refractivity contribution in [3.05, 3.63) is 34.4 Å². The second kappa shape index (κ2) is 3.34. The van der Waals surface area contributed by atoms with E-state index in [4.69, 9.17) is 0 Å². The summed E-state index contributed by atoms with van der Waals surface area (Å²) in [5.74, 6) is 0. The standard InChI is InChI=1S/C12H13BrFN/c1-12(2,14)10-7-15(3)11-6-8(13)4-5-9(10)11/h4-7H,1-3H3. The molecular weight excluding hydrogens is 257 g/mol. The van der Waals surface area contributed by atoms with Gasteiger partial charge in [-0.05, 0) is 26.0 Å². The number of benzene rings is 1. The molecule has 0 fully saturated rings. The Bertz CT molecular complexity index is 508. The highest BCUT2D eigenvalue weighted by Gasteiger charge is 2.23. The molecule has 3 heteroatoms. The van der Waals surface area contributed by atoms with Crippen molar-refractivity contribution < 1.29 is 4.39 Å². The summed E-state index contributed by atoms with van der Waals surface area (Å²) >= 11 is 3.42. The molecule has 0 spiro atoms. The average molecular weight is 270 g/mol. The van der Waals surface area contributed by atoms with Crippen LogP contribution in [0.5, 0.6) is 0 Å². The highest BCUT2D eigenvalue weighted by molar-refractivity contribution is 9.10. The lowest BCUT2D eigenvalue weighted by atomic mass is 10.00. The fourth-order valence-corrected chi connectivity index (χ4v) is 2.18. The lowest BCUT2D eigenvalue weighted by Gasteiger charge is -2.12. The van der Waals surface area contributed by atoms with Gasteiger partial charge in [-0.3, -0.25) is 0 Å². The monoisotopic (exact) mass is 269 g/mol. The molecule has 0 radical (unpaired) electrons. The molecule has 0 N–H and O–H groups in total. The lowest BCUT2D eigenvalue weighted by Crippen LogP contribution is -2.07. The number of rotatable bonds is 1. The third-order valence-electron chi connectivity index (χ3n) is 2.59. The van der Waals surface area contributed by atoms with E-state index < -0.39 is 5.67 Å². The largest absolute Gasteiger partial charge is 0.350 e. The number of aromatic nitrogens is 1. The highest BCUT2D eigenvalue weighted by atomic mass is 79.9. The molecule has 1 aromatic carbocycles.